The molecule has 4 rings (SSSR count). The number of hydrogen-bond donors (Lipinski definition) is 0. The van der Waals surface area contributed by atoms with E-state index in [-0.39, 0.29) is 17.7 Å². The Kier molecular flexibility index (Phi) is 5.15. The lowest BCUT2D eigenvalue weighted by Gasteiger charge is -2.36. The third-order valence-electron chi connectivity index (χ3n) is 5.21. The molecule has 0 N–H and O–H groups in total. The van der Waals surface area contributed by atoms with Gasteiger partial charge in [0.15, 0.2) is 0 Å². The summed E-state index contributed by atoms with van der Waals surface area (Å²) in [6, 6.07) is 7.37. The number of morpholine rings is 1. The van der Waals surface area contributed by atoms with Gasteiger partial charge in [0, 0.05) is 37.4 Å². The minimum absolute atomic E-state index is 0.0233. The molecule has 142 valence electrons. The fourth-order valence-electron chi connectivity index (χ4n) is 3.70. The normalized spacial score (nSPS) is 20.5. The van der Waals surface area contributed by atoms with E-state index in [0.717, 1.165) is 18.5 Å². The van der Waals surface area contributed by atoms with Crippen molar-refractivity contribution in [2.24, 2.45) is 5.92 Å². The Balaban J connectivity index is 1.41. The molecule has 2 aromatic rings. The van der Waals surface area contributed by atoms with Gasteiger partial charge in [-0.1, -0.05) is 0 Å². The van der Waals surface area contributed by atoms with Crippen LogP contribution in [0, 0.1) is 5.92 Å². The average molecular weight is 369 g/mol. The molecule has 0 radical (unpaired) electrons. The second-order valence-corrected chi connectivity index (χ2v) is 6.94. The first-order chi connectivity index (χ1) is 13.2. The standard InChI is InChI=1S/C19H23N5O3/c25-18(15-3-5-17(6-4-15)24-13-20-21-14-24)23-7-1-2-16(12-23)19(26)22-8-10-27-11-9-22/h3-6,13-14,16H,1-2,7-12H2/t16-/m1/s1. The number of aromatic nitrogens is 3. The molecule has 2 amide bonds. The Morgan fingerprint density at radius 2 is 1.67 bits per heavy atom. The first kappa shape index (κ1) is 17.7. The maximum absolute atomic E-state index is 12.9. The van der Waals surface area contributed by atoms with E-state index in [0.29, 0.717) is 45.0 Å². The minimum atomic E-state index is -0.114. The number of hydrogen-bond acceptors (Lipinski definition) is 5. The van der Waals surface area contributed by atoms with Crippen LogP contribution in [0.25, 0.3) is 5.69 Å². The topological polar surface area (TPSA) is 80.6 Å². The second-order valence-electron chi connectivity index (χ2n) is 6.94. The van der Waals surface area contributed by atoms with Crippen LogP contribution >= 0.6 is 0 Å². The van der Waals surface area contributed by atoms with E-state index in [1.54, 1.807) is 22.1 Å². The number of ether oxygens (including phenoxy) is 1. The summed E-state index contributed by atoms with van der Waals surface area (Å²) in [6.45, 7) is 3.67. The Bertz CT molecular complexity index is 784. The highest BCUT2D eigenvalue weighted by Crippen LogP contribution is 2.21. The predicted molar refractivity (Wildman–Crippen MR) is 97.4 cm³/mol. The van der Waals surface area contributed by atoms with Crippen molar-refractivity contribution < 1.29 is 14.3 Å². The van der Waals surface area contributed by atoms with Crippen LogP contribution in [0.3, 0.4) is 0 Å². The van der Waals surface area contributed by atoms with Crippen molar-refractivity contribution in [1.82, 2.24) is 24.6 Å². The molecule has 2 saturated heterocycles. The van der Waals surface area contributed by atoms with E-state index >= 15 is 0 Å². The summed E-state index contributed by atoms with van der Waals surface area (Å²) in [4.78, 5) is 29.3. The molecule has 8 heteroatoms. The molecule has 2 fully saturated rings. The number of nitrogens with zero attached hydrogens (tertiary/aromatic N) is 5. The van der Waals surface area contributed by atoms with Gasteiger partial charge in [-0.15, -0.1) is 10.2 Å². The number of benzene rings is 1. The largest absolute Gasteiger partial charge is 0.378 e. The molecule has 1 aromatic carbocycles. The molecular weight excluding hydrogens is 346 g/mol. The molecule has 0 aliphatic carbocycles. The summed E-state index contributed by atoms with van der Waals surface area (Å²) < 4.78 is 7.11. The quantitative estimate of drug-likeness (QED) is 0.806. The summed E-state index contributed by atoms with van der Waals surface area (Å²) in [5.41, 5.74) is 1.53. The van der Waals surface area contributed by atoms with Gasteiger partial charge in [0.05, 0.1) is 19.1 Å². The average Bonchev–Trinajstić information content (AvgIpc) is 3.28. The highest BCUT2D eigenvalue weighted by Gasteiger charge is 2.32. The highest BCUT2D eigenvalue weighted by molar-refractivity contribution is 5.95. The van der Waals surface area contributed by atoms with Crippen LogP contribution in [-0.4, -0.2) is 75.8 Å². The van der Waals surface area contributed by atoms with Gasteiger partial charge in [-0.3, -0.25) is 14.2 Å². The summed E-state index contributed by atoms with van der Waals surface area (Å²) >= 11 is 0. The van der Waals surface area contributed by atoms with E-state index in [1.165, 1.54) is 0 Å². The molecule has 2 aliphatic heterocycles. The lowest BCUT2D eigenvalue weighted by Crippen LogP contribution is -2.49. The summed E-state index contributed by atoms with van der Waals surface area (Å²) in [5.74, 6) is 0.0145. The number of rotatable bonds is 3. The van der Waals surface area contributed by atoms with Gasteiger partial charge in [0.2, 0.25) is 5.91 Å². The van der Waals surface area contributed by atoms with Crippen molar-refractivity contribution in [3.8, 4) is 5.69 Å². The molecule has 0 unspecified atom stereocenters. The van der Waals surface area contributed by atoms with Crippen LogP contribution in [0.4, 0.5) is 0 Å². The summed E-state index contributed by atoms with van der Waals surface area (Å²) in [7, 11) is 0. The molecule has 0 bridgehead atoms. The van der Waals surface area contributed by atoms with Crippen molar-refractivity contribution in [2.45, 2.75) is 12.8 Å². The third kappa shape index (κ3) is 3.85. The maximum Gasteiger partial charge on any atom is 0.253 e. The first-order valence-corrected chi connectivity index (χ1v) is 9.33. The fraction of sp³-hybridized carbons (Fsp3) is 0.474. The zero-order chi connectivity index (χ0) is 18.6. The van der Waals surface area contributed by atoms with Crippen molar-refractivity contribution in [3.05, 3.63) is 42.5 Å². The van der Waals surface area contributed by atoms with Crippen LogP contribution < -0.4 is 0 Å². The number of likely N-dealkylation sites (tertiary alicyclic amines) is 1. The first-order valence-electron chi connectivity index (χ1n) is 9.33. The third-order valence-corrected chi connectivity index (χ3v) is 5.21. The molecule has 2 aliphatic rings. The Morgan fingerprint density at radius 3 is 2.37 bits per heavy atom. The second kappa shape index (κ2) is 7.87. The van der Waals surface area contributed by atoms with Gasteiger partial charge >= 0.3 is 0 Å². The van der Waals surface area contributed by atoms with Crippen molar-refractivity contribution in [2.75, 3.05) is 39.4 Å². The molecule has 0 spiro atoms. The summed E-state index contributed by atoms with van der Waals surface area (Å²) in [6.07, 6.45) is 4.92. The van der Waals surface area contributed by atoms with Crippen LogP contribution in [0.2, 0.25) is 0 Å². The van der Waals surface area contributed by atoms with Gasteiger partial charge < -0.3 is 14.5 Å². The van der Waals surface area contributed by atoms with E-state index < -0.39 is 0 Å². The number of piperidine rings is 1. The number of carbonyl (C=O) groups excluding carboxylic acids is 2. The van der Waals surface area contributed by atoms with Gasteiger partial charge in [-0.05, 0) is 37.1 Å². The molecule has 1 aromatic heterocycles. The van der Waals surface area contributed by atoms with Gasteiger partial charge in [0.25, 0.3) is 5.91 Å². The SMILES string of the molecule is O=C(c1ccc(-n2cnnc2)cc1)N1CCC[C@@H](C(=O)N2CCOCC2)C1. The number of amides is 2. The van der Waals surface area contributed by atoms with Crippen LogP contribution in [0.15, 0.2) is 36.9 Å². The lowest BCUT2D eigenvalue weighted by molar-refractivity contribution is -0.141. The molecule has 3 heterocycles. The van der Waals surface area contributed by atoms with E-state index in [4.69, 9.17) is 4.74 Å². The zero-order valence-corrected chi connectivity index (χ0v) is 15.2. The number of carbonyl (C=O) groups is 2. The molecule has 27 heavy (non-hydrogen) atoms. The zero-order valence-electron chi connectivity index (χ0n) is 15.2. The van der Waals surface area contributed by atoms with Crippen LogP contribution in [0.1, 0.15) is 23.2 Å². The molecule has 0 saturated carbocycles. The summed E-state index contributed by atoms with van der Waals surface area (Å²) in [5, 5.41) is 7.57. The Labute approximate surface area is 157 Å². The molecular formula is C19H23N5O3. The molecule has 8 nitrogen and oxygen atoms in total. The van der Waals surface area contributed by atoms with Gasteiger partial charge in [0.1, 0.15) is 12.7 Å². The van der Waals surface area contributed by atoms with Gasteiger partial charge in [-0.2, -0.15) is 0 Å². The Hall–Kier alpha value is -2.74. The highest BCUT2D eigenvalue weighted by atomic mass is 16.5. The Morgan fingerprint density at radius 1 is 0.963 bits per heavy atom. The van der Waals surface area contributed by atoms with E-state index in [2.05, 4.69) is 10.2 Å². The lowest BCUT2D eigenvalue weighted by atomic mass is 9.95. The monoisotopic (exact) mass is 369 g/mol. The predicted octanol–water partition coefficient (Wildman–Crippen LogP) is 0.978. The van der Waals surface area contributed by atoms with Crippen LogP contribution in [-0.2, 0) is 9.53 Å². The van der Waals surface area contributed by atoms with E-state index in [9.17, 15) is 9.59 Å². The minimum Gasteiger partial charge on any atom is -0.378 e. The van der Waals surface area contributed by atoms with Crippen molar-refractivity contribution in [1.29, 1.82) is 0 Å². The fourth-order valence-corrected chi connectivity index (χ4v) is 3.70. The van der Waals surface area contributed by atoms with Crippen molar-refractivity contribution >= 4 is 11.8 Å². The van der Waals surface area contributed by atoms with E-state index in [1.807, 2.05) is 29.2 Å². The maximum atomic E-state index is 12.9. The van der Waals surface area contributed by atoms with Crippen LogP contribution in [0.5, 0.6) is 0 Å². The van der Waals surface area contributed by atoms with Crippen molar-refractivity contribution in [3.63, 3.8) is 0 Å². The van der Waals surface area contributed by atoms with Gasteiger partial charge in [-0.25, -0.2) is 0 Å². The molecule has 1 atom stereocenters. The smallest absolute Gasteiger partial charge is 0.253 e.